The van der Waals surface area contributed by atoms with Crippen molar-refractivity contribution in [1.82, 2.24) is 4.98 Å². The Hall–Kier alpha value is -1.44. The molecule has 0 radical (unpaired) electrons. The monoisotopic (exact) mass is 175 g/mol. The minimum absolute atomic E-state index is 1.00. The summed E-state index contributed by atoms with van der Waals surface area (Å²) in [5.41, 5.74) is 2.39. The highest BCUT2D eigenvalue weighted by Gasteiger charge is 2.06. The fourth-order valence-electron chi connectivity index (χ4n) is 1.67. The largest absolute Gasteiger partial charge is 0.496 e. The van der Waals surface area contributed by atoms with Gasteiger partial charge in [-0.05, 0) is 24.1 Å². The molecule has 0 spiro atoms. The Bertz CT molecular complexity index is 417. The van der Waals surface area contributed by atoms with Crippen LogP contribution in [0.5, 0.6) is 5.75 Å². The highest BCUT2D eigenvalue weighted by Crippen LogP contribution is 2.29. The molecule has 2 aromatic rings. The number of benzene rings is 1. The van der Waals surface area contributed by atoms with Crippen LogP contribution in [0.25, 0.3) is 10.9 Å². The summed E-state index contributed by atoms with van der Waals surface area (Å²) in [6, 6.07) is 6.25. The third-order valence-electron chi connectivity index (χ3n) is 2.35. The van der Waals surface area contributed by atoms with Crippen molar-refractivity contribution in [2.75, 3.05) is 7.11 Å². The minimum Gasteiger partial charge on any atom is -0.496 e. The van der Waals surface area contributed by atoms with Crippen molar-refractivity contribution in [3.05, 3.63) is 30.0 Å². The van der Waals surface area contributed by atoms with E-state index >= 15 is 0 Å². The number of methoxy groups -OCH3 is 1. The molecule has 0 aliphatic rings. The first-order valence-corrected chi connectivity index (χ1v) is 4.49. The Morgan fingerprint density at radius 3 is 2.85 bits per heavy atom. The molecule has 0 bridgehead atoms. The van der Waals surface area contributed by atoms with Crippen LogP contribution in [0.4, 0.5) is 0 Å². The molecule has 0 fully saturated rings. The number of rotatable bonds is 2. The van der Waals surface area contributed by atoms with E-state index in [1.165, 1.54) is 10.9 Å². The maximum Gasteiger partial charge on any atom is 0.131 e. The van der Waals surface area contributed by atoms with Crippen molar-refractivity contribution in [1.29, 1.82) is 0 Å². The maximum atomic E-state index is 5.39. The predicted molar refractivity (Wildman–Crippen MR) is 54.2 cm³/mol. The Morgan fingerprint density at radius 2 is 2.15 bits per heavy atom. The molecule has 0 saturated carbocycles. The van der Waals surface area contributed by atoms with Gasteiger partial charge < -0.3 is 9.72 Å². The molecule has 13 heavy (non-hydrogen) atoms. The van der Waals surface area contributed by atoms with Crippen molar-refractivity contribution in [3.63, 3.8) is 0 Å². The van der Waals surface area contributed by atoms with Gasteiger partial charge >= 0.3 is 0 Å². The number of hydrogen-bond acceptors (Lipinski definition) is 1. The molecular weight excluding hydrogens is 162 g/mol. The zero-order valence-electron chi connectivity index (χ0n) is 7.92. The zero-order chi connectivity index (χ0) is 9.26. The summed E-state index contributed by atoms with van der Waals surface area (Å²) in [6.45, 7) is 2.14. The first-order valence-electron chi connectivity index (χ1n) is 4.49. The highest BCUT2D eigenvalue weighted by molar-refractivity contribution is 5.87. The van der Waals surface area contributed by atoms with Gasteiger partial charge in [0.1, 0.15) is 5.75 Å². The standard InChI is InChI=1S/C11H13NO/c1-3-8-4-5-10-9(6-7-12-10)11(8)13-2/h4-7,12H,3H2,1-2H3. The number of fused-ring (bicyclic) bond motifs is 1. The van der Waals surface area contributed by atoms with Crippen LogP contribution in [0.2, 0.25) is 0 Å². The van der Waals surface area contributed by atoms with Gasteiger partial charge in [0, 0.05) is 17.1 Å². The summed E-state index contributed by atoms with van der Waals surface area (Å²) in [5.74, 6) is 1.00. The molecule has 2 heteroatoms. The van der Waals surface area contributed by atoms with Crippen LogP contribution in [0.1, 0.15) is 12.5 Å². The molecule has 68 valence electrons. The van der Waals surface area contributed by atoms with Gasteiger partial charge in [-0.3, -0.25) is 0 Å². The lowest BCUT2D eigenvalue weighted by atomic mass is 10.1. The second-order valence-electron chi connectivity index (χ2n) is 3.05. The van der Waals surface area contributed by atoms with Gasteiger partial charge in [-0.2, -0.15) is 0 Å². The van der Waals surface area contributed by atoms with Crippen molar-refractivity contribution >= 4 is 10.9 Å². The minimum atomic E-state index is 1.00. The molecule has 2 nitrogen and oxygen atoms in total. The van der Waals surface area contributed by atoms with Crippen LogP contribution in [-0.2, 0) is 6.42 Å². The lowest BCUT2D eigenvalue weighted by molar-refractivity contribution is 0.415. The van der Waals surface area contributed by atoms with E-state index in [9.17, 15) is 0 Å². The zero-order valence-corrected chi connectivity index (χ0v) is 7.92. The Kier molecular flexibility index (Phi) is 1.97. The quantitative estimate of drug-likeness (QED) is 0.745. The third-order valence-corrected chi connectivity index (χ3v) is 2.35. The predicted octanol–water partition coefficient (Wildman–Crippen LogP) is 2.74. The SMILES string of the molecule is CCc1ccc2[nH]ccc2c1OC. The fraction of sp³-hybridized carbons (Fsp3) is 0.273. The van der Waals surface area contributed by atoms with Gasteiger partial charge in [0.05, 0.1) is 7.11 Å². The Balaban J connectivity index is 2.74. The van der Waals surface area contributed by atoms with Gasteiger partial charge in [0.15, 0.2) is 0 Å². The number of aromatic amines is 1. The molecule has 0 saturated heterocycles. The van der Waals surface area contributed by atoms with E-state index in [1.54, 1.807) is 7.11 Å². The van der Waals surface area contributed by atoms with Gasteiger partial charge in [0.2, 0.25) is 0 Å². The topological polar surface area (TPSA) is 25.0 Å². The average Bonchev–Trinajstić information content (AvgIpc) is 2.63. The third kappa shape index (κ3) is 1.18. The van der Waals surface area contributed by atoms with Gasteiger partial charge in [0.25, 0.3) is 0 Å². The highest BCUT2D eigenvalue weighted by atomic mass is 16.5. The molecule has 0 atom stereocenters. The fourth-order valence-corrected chi connectivity index (χ4v) is 1.67. The molecule has 1 N–H and O–H groups in total. The summed E-state index contributed by atoms with van der Waals surface area (Å²) in [5, 5.41) is 1.17. The normalized spacial score (nSPS) is 10.6. The van der Waals surface area contributed by atoms with Crippen LogP contribution >= 0.6 is 0 Å². The molecule has 1 heterocycles. The van der Waals surface area contributed by atoms with Crippen LogP contribution < -0.4 is 4.74 Å². The number of aromatic nitrogens is 1. The molecule has 1 aromatic carbocycles. The van der Waals surface area contributed by atoms with E-state index in [0.29, 0.717) is 0 Å². The summed E-state index contributed by atoms with van der Waals surface area (Å²) in [4.78, 5) is 3.17. The smallest absolute Gasteiger partial charge is 0.131 e. The first-order chi connectivity index (χ1) is 6.36. The van der Waals surface area contributed by atoms with E-state index in [0.717, 1.165) is 17.7 Å². The average molecular weight is 175 g/mol. The number of ether oxygens (including phenoxy) is 1. The maximum absolute atomic E-state index is 5.39. The van der Waals surface area contributed by atoms with Crippen molar-refractivity contribution < 1.29 is 4.74 Å². The second-order valence-corrected chi connectivity index (χ2v) is 3.05. The Morgan fingerprint density at radius 1 is 1.31 bits per heavy atom. The molecule has 2 rings (SSSR count). The van der Waals surface area contributed by atoms with Crippen LogP contribution in [0, 0.1) is 0 Å². The van der Waals surface area contributed by atoms with Crippen molar-refractivity contribution in [3.8, 4) is 5.75 Å². The second kappa shape index (κ2) is 3.13. The number of H-pyrrole nitrogens is 1. The lowest BCUT2D eigenvalue weighted by Gasteiger charge is -2.07. The number of hydrogen-bond donors (Lipinski definition) is 1. The van der Waals surface area contributed by atoms with Gasteiger partial charge in [-0.15, -0.1) is 0 Å². The molecule has 0 unspecified atom stereocenters. The lowest BCUT2D eigenvalue weighted by Crippen LogP contribution is -1.90. The van der Waals surface area contributed by atoms with E-state index in [-0.39, 0.29) is 0 Å². The summed E-state index contributed by atoms with van der Waals surface area (Å²) in [6.07, 6.45) is 2.94. The van der Waals surface area contributed by atoms with Crippen LogP contribution in [0.3, 0.4) is 0 Å². The molecule has 1 aromatic heterocycles. The molecule has 0 amide bonds. The summed E-state index contributed by atoms with van der Waals surface area (Å²) >= 11 is 0. The van der Waals surface area contributed by atoms with Crippen LogP contribution in [-0.4, -0.2) is 12.1 Å². The van der Waals surface area contributed by atoms with E-state index in [2.05, 4.69) is 24.0 Å². The summed E-state index contributed by atoms with van der Waals surface area (Å²) in [7, 11) is 1.72. The van der Waals surface area contributed by atoms with Crippen molar-refractivity contribution in [2.45, 2.75) is 13.3 Å². The summed E-state index contributed by atoms with van der Waals surface area (Å²) < 4.78 is 5.39. The van der Waals surface area contributed by atoms with E-state index < -0.39 is 0 Å². The molecule has 0 aliphatic carbocycles. The van der Waals surface area contributed by atoms with Crippen molar-refractivity contribution in [2.24, 2.45) is 0 Å². The molecule has 0 aliphatic heterocycles. The first kappa shape index (κ1) is 8.17. The number of nitrogens with one attached hydrogen (secondary N) is 1. The van der Waals surface area contributed by atoms with Crippen LogP contribution in [0.15, 0.2) is 24.4 Å². The van der Waals surface area contributed by atoms with Gasteiger partial charge in [-0.25, -0.2) is 0 Å². The number of aryl methyl sites for hydroxylation is 1. The van der Waals surface area contributed by atoms with E-state index in [4.69, 9.17) is 4.74 Å². The Labute approximate surface area is 77.5 Å². The molecular formula is C11H13NO. The van der Waals surface area contributed by atoms with Gasteiger partial charge in [-0.1, -0.05) is 13.0 Å². The van der Waals surface area contributed by atoms with E-state index in [1.807, 2.05) is 12.3 Å².